The van der Waals surface area contributed by atoms with Crippen LogP contribution in [-0.2, 0) is 12.1 Å². The Hall–Kier alpha value is -3.18. The largest absolute Gasteiger partial charge is 0.497 e. The molecule has 1 heterocycles. The van der Waals surface area contributed by atoms with Gasteiger partial charge in [0.05, 0.1) is 24.4 Å². The third kappa shape index (κ3) is 3.91. The fraction of sp³-hybridized carbons (Fsp3) is 0.333. The van der Waals surface area contributed by atoms with E-state index in [-0.39, 0.29) is 34.3 Å². The van der Waals surface area contributed by atoms with Crippen molar-refractivity contribution in [1.82, 2.24) is 4.90 Å². The second-order valence-electron chi connectivity index (χ2n) is 8.04. The highest BCUT2D eigenvalue weighted by atomic mass is 35.5. The van der Waals surface area contributed by atoms with E-state index in [1.807, 2.05) is 0 Å². The molecular formula is C24H20ClF3N2O3. The number of carbonyl (C=O) groups excluding carboxylic acids is 2. The number of methoxy groups -OCH3 is 1. The minimum atomic E-state index is -4.91. The molecule has 2 aromatic rings. The standard InChI is InChI=1S/C24H20ClF3N2O3/c1-29-22(32)30(13-16-5-7-18(33-2)8-6-16)21-11-17(14-31)20(25)12-19(21)23(29,24(26,27)28)10-9-15-3-4-15/h5-8,11-12,14-15H,3-4,13H2,1-2H3. The van der Waals surface area contributed by atoms with Gasteiger partial charge in [-0.1, -0.05) is 35.6 Å². The number of anilines is 1. The van der Waals surface area contributed by atoms with E-state index in [2.05, 4.69) is 11.8 Å². The highest BCUT2D eigenvalue weighted by Crippen LogP contribution is 2.51. The number of hydrogen-bond acceptors (Lipinski definition) is 3. The maximum atomic E-state index is 14.7. The molecule has 0 N–H and O–H groups in total. The van der Waals surface area contributed by atoms with Crippen LogP contribution in [0.3, 0.4) is 0 Å². The topological polar surface area (TPSA) is 49.9 Å². The van der Waals surface area contributed by atoms with Gasteiger partial charge in [0.2, 0.25) is 5.54 Å². The van der Waals surface area contributed by atoms with Crippen molar-refractivity contribution < 1.29 is 27.5 Å². The van der Waals surface area contributed by atoms with Gasteiger partial charge in [-0.25, -0.2) is 4.79 Å². The Morgan fingerprint density at radius 2 is 1.91 bits per heavy atom. The zero-order valence-electron chi connectivity index (χ0n) is 17.9. The van der Waals surface area contributed by atoms with Crippen molar-refractivity contribution in [3.8, 4) is 17.6 Å². The molecule has 172 valence electrons. The summed E-state index contributed by atoms with van der Waals surface area (Å²) in [7, 11) is 2.60. The van der Waals surface area contributed by atoms with Crippen LogP contribution >= 0.6 is 11.6 Å². The van der Waals surface area contributed by atoms with E-state index in [0.29, 0.717) is 22.5 Å². The number of rotatable bonds is 4. The third-order valence-electron chi connectivity index (χ3n) is 5.89. The number of halogens is 4. The maximum absolute atomic E-state index is 14.7. The molecule has 2 aliphatic rings. The van der Waals surface area contributed by atoms with Crippen LogP contribution in [0.5, 0.6) is 5.75 Å². The van der Waals surface area contributed by atoms with Crippen LogP contribution in [0.1, 0.15) is 34.3 Å². The number of aldehydes is 1. The molecule has 4 rings (SSSR count). The normalized spacial score (nSPS) is 20.1. The molecule has 2 aromatic carbocycles. The molecule has 0 bridgehead atoms. The van der Waals surface area contributed by atoms with Crippen molar-refractivity contribution in [2.45, 2.75) is 31.1 Å². The Labute approximate surface area is 194 Å². The van der Waals surface area contributed by atoms with Gasteiger partial charge in [0.1, 0.15) is 5.75 Å². The van der Waals surface area contributed by atoms with Gasteiger partial charge in [0.15, 0.2) is 6.29 Å². The fourth-order valence-corrected chi connectivity index (χ4v) is 4.06. The number of fused-ring (bicyclic) bond motifs is 1. The second kappa shape index (κ2) is 8.31. The van der Waals surface area contributed by atoms with E-state index >= 15 is 0 Å². The van der Waals surface area contributed by atoms with E-state index in [1.54, 1.807) is 24.3 Å². The predicted molar refractivity (Wildman–Crippen MR) is 117 cm³/mol. The minimum absolute atomic E-state index is 0.0151. The molecule has 1 aliphatic carbocycles. The van der Waals surface area contributed by atoms with Gasteiger partial charge >= 0.3 is 12.2 Å². The summed E-state index contributed by atoms with van der Waals surface area (Å²) in [6, 6.07) is 8.22. The molecule has 0 saturated heterocycles. The van der Waals surface area contributed by atoms with Crippen molar-refractivity contribution in [2.24, 2.45) is 5.92 Å². The number of ether oxygens (including phenoxy) is 1. The van der Waals surface area contributed by atoms with E-state index in [4.69, 9.17) is 16.3 Å². The molecule has 1 saturated carbocycles. The Morgan fingerprint density at radius 3 is 2.45 bits per heavy atom. The lowest BCUT2D eigenvalue weighted by Gasteiger charge is -2.47. The van der Waals surface area contributed by atoms with Crippen LogP contribution in [0.15, 0.2) is 36.4 Å². The monoisotopic (exact) mass is 476 g/mol. The van der Waals surface area contributed by atoms with E-state index in [1.165, 1.54) is 18.1 Å². The smallest absolute Gasteiger partial charge is 0.427 e. The molecule has 0 aromatic heterocycles. The van der Waals surface area contributed by atoms with Crippen molar-refractivity contribution >= 4 is 29.6 Å². The van der Waals surface area contributed by atoms with Crippen molar-refractivity contribution in [1.29, 1.82) is 0 Å². The molecule has 9 heteroatoms. The summed E-state index contributed by atoms with van der Waals surface area (Å²) in [5.74, 6) is 5.53. The average molecular weight is 477 g/mol. The molecule has 0 spiro atoms. The molecular weight excluding hydrogens is 457 g/mol. The highest BCUT2D eigenvalue weighted by Gasteiger charge is 2.63. The van der Waals surface area contributed by atoms with Gasteiger partial charge in [0, 0.05) is 24.1 Å². The lowest BCUT2D eigenvalue weighted by Crippen LogP contribution is -2.62. The van der Waals surface area contributed by atoms with Crippen LogP contribution < -0.4 is 9.64 Å². The van der Waals surface area contributed by atoms with Gasteiger partial charge in [0.25, 0.3) is 0 Å². The average Bonchev–Trinajstić information content (AvgIpc) is 3.61. The Balaban J connectivity index is 1.92. The number of carbonyl (C=O) groups is 2. The van der Waals surface area contributed by atoms with Gasteiger partial charge in [-0.3, -0.25) is 14.6 Å². The molecule has 33 heavy (non-hydrogen) atoms. The molecule has 1 aliphatic heterocycles. The molecule has 1 unspecified atom stereocenters. The summed E-state index contributed by atoms with van der Waals surface area (Å²) in [5, 5.41) is -0.141. The molecule has 1 fully saturated rings. The maximum Gasteiger partial charge on any atom is 0.427 e. The zero-order valence-corrected chi connectivity index (χ0v) is 18.6. The second-order valence-corrected chi connectivity index (χ2v) is 8.44. The Bertz CT molecular complexity index is 1170. The van der Waals surface area contributed by atoms with E-state index in [9.17, 15) is 22.8 Å². The quantitative estimate of drug-likeness (QED) is 0.438. The van der Waals surface area contributed by atoms with Crippen molar-refractivity contribution in [3.05, 3.63) is 58.1 Å². The first-order valence-electron chi connectivity index (χ1n) is 10.2. The van der Waals surface area contributed by atoms with E-state index in [0.717, 1.165) is 26.0 Å². The molecule has 2 amide bonds. The predicted octanol–water partition coefficient (Wildman–Crippen LogP) is 5.40. The number of hydrogen-bond donors (Lipinski definition) is 0. The first kappa shape index (κ1) is 23.0. The third-order valence-corrected chi connectivity index (χ3v) is 6.22. The first-order chi connectivity index (χ1) is 15.6. The lowest BCUT2D eigenvalue weighted by atomic mass is 9.83. The van der Waals surface area contributed by atoms with Crippen molar-refractivity contribution in [2.75, 3.05) is 19.1 Å². The molecule has 1 atom stereocenters. The Kier molecular flexibility index (Phi) is 5.79. The first-order valence-corrected chi connectivity index (χ1v) is 10.6. The van der Waals surface area contributed by atoms with Crippen LogP contribution in [0.4, 0.5) is 23.7 Å². The number of amides is 2. The molecule has 0 radical (unpaired) electrons. The summed E-state index contributed by atoms with van der Waals surface area (Å²) >= 11 is 6.16. The number of urea groups is 1. The minimum Gasteiger partial charge on any atom is -0.497 e. The van der Waals surface area contributed by atoms with Gasteiger partial charge < -0.3 is 4.74 Å². The number of benzene rings is 2. The lowest BCUT2D eigenvalue weighted by molar-refractivity contribution is -0.204. The van der Waals surface area contributed by atoms with E-state index < -0.39 is 17.7 Å². The van der Waals surface area contributed by atoms with Gasteiger partial charge in [-0.15, -0.1) is 0 Å². The number of alkyl halides is 3. The highest BCUT2D eigenvalue weighted by molar-refractivity contribution is 6.33. The Morgan fingerprint density at radius 1 is 1.24 bits per heavy atom. The summed E-state index contributed by atoms with van der Waals surface area (Å²) in [6.45, 7) is -0.0237. The van der Waals surface area contributed by atoms with Crippen LogP contribution in [0.2, 0.25) is 5.02 Å². The zero-order chi connectivity index (χ0) is 24.0. The SMILES string of the molecule is COc1ccc(CN2C(=O)N(C)C(C#CC3CC3)(C(F)(F)F)c3cc(Cl)c(C=O)cc32)cc1. The van der Waals surface area contributed by atoms with Crippen LogP contribution in [-0.4, -0.2) is 37.6 Å². The summed E-state index contributed by atoms with van der Waals surface area (Å²) in [4.78, 5) is 26.7. The van der Waals surface area contributed by atoms with Crippen LogP contribution in [0.25, 0.3) is 0 Å². The number of nitrogens with zero attached hydrogens (tertiary/aromatic N) is 2. The fourth-order valence-electron chi connectivity index (χ4n) is 3.86. The van der Waals surface area contributed by atoms with Gasteiger partial charge in [-0.2, -0.15) is 13.2 Å². The van der Waals surface area contributed by atoms with Gasteiger partial charge in [-0.05, 0) is 42.7 Å². The van der Waals surface area contributed by atoms with Crippen LogP contribution in [0, 0.1) is 17.8 Å². The summed E-state index contributed by atoms with van der Waals surface area (Å²) in [5.41, 5.74) is -2.57. The summed E-state index contributed by atoms with van der Waals surface area (Å²) in [6.07, 6.45) is -3.02. The van der Waals surface area contributed by atoms with Crippen molar-refractivity contribution in [3.63, 3.8) is 0 Å². The summed E-state index contributed by atoms with van der Waals surface area (Å²) < 4.78 is 49.2. The molecule has 5 nitrogen and oxygen atoms in total.